The second-order valence-electron chi connectivity index (χ2n) is 6.81. The van der Waals surface area contributed by atoms with Crippen molar-refractivity contribution in [1.82, 2.24) is 0 Å². The average molecular weight is 467 g/mol. The van der Waals surface area contributed by atoms with Crippen molar-refractivity contribution in [3.63, 3.8) is 0 Å². The van der Waals surface area contributed by atoms with Gasteiger partial charge in [-0.15, -0.1) is 11.8 Å². The normalized spacial score (nSPS) is 10.7. The first-order valence-electron chi connectivity index (χ1n) is 9.68. The molecule has 0 spiro atoms. The second kappa shape index (κ2) is 9.80. The summed E-state index contributed by atoms with van der Waals surface area (Å²) in [6.45, 7) is 0. The quantitative estimate of drug-likeness (QED) is 0.323. The number of thioether (sulfide) groups is 1. The molecule has 4 rings (SSSR count). The number of furan rings is 1. The third kappa shape index (κ3) is 5.25. The summed E-state index contributed by atoms with van der Waals surface area (Å²) in [5.41, 5.74) is 1.66. The van der Waals surface area contributed by atoms with Crippen LogP contribution in [0.25, 0.3) is 11.0 Å². The van der Waals surface area contributed by atoms with Crippen molar-refractivity contribution in [2.24, 2.45) is 0 Å². The monoisotopic (exact) mass is 466 g/mol. The minimum absolute atomic E-state index is 0.161. The van der Waals surface area contributed by atoms with Crippen molar-refractivity contribution in [2.75, 3.05) is 23.5 Å². The lowest BCUT2D eigenvalue weighted by Gasteiger charge is -2.12. The summed E-state index contributed by atoms with van der Waals surface area (Å²) < 4.78 is 11.0. The molecule has 4 aromatic rings. The number of anilines is 2. The van der Waals surface area contributed by atoms with Gasteiger partial charge in [-0.05, 0) is 48.5 Å². The van der Waals surface area contributed by atoms with Crippen LogP contribution in [-0.4, -0.2) is 24.7 Å². The fourth-order valence-corrected chi connectivity index (χ4v) is 3.85. The van der Waals surface area contributed by atoms with Crippen LogP contribution in [0.2, 0.25) is 5.02 Å². The maximum absolute atomic E-state index is 12.6. The highest BCUT2D eigenvalue weighted by atomic mass is 35.5. The van der Waals surface area contributed by atoms with Crippen LogP contribution in [0, 0.1) is 0 Å². The van der Waals surface area contributed by atoms with Gasteiger partial charge in [0.1, 0.15) is 11.3 Å². The number of para-hydroxylation sites is 1. The molecule has 6 nitrogen and oxygen atoms in total. The van der Waals surface area contributed by atoms with Crippen molar-refractivity contribution in [1.29, 1.82) is 0 Å². The van der Waals surface area contributed by atoms with Crippen molar-refractivity contribution in [2.45, 2.75) is 4.90 Å². The van der Waals surface area contributed by atoms with Crippen LogP contribution in [0.3, 0.4) is 0 Å². The van der Waals surface area contributed by atoms with Gasteiger partial charge >= 0.3 is 0 Å². The minimum atomic E-state index is -0.393. The van der Waals surface area contributed by atoms with Gasteiger partial charge in [-0.3, -0.25) is 9.59 Å². The summed E-state index contributed by atoms with van der Waals surface area (Å²) in [5, 5.41) is 7.11. The predicted octanol–water partition coefficient (Wildman–Crippen LogP) is 6.08. The van der Waals surface area contributed by atoms with E-state index >= 15 is 0 Å². The van der Waals surface area contributed by atoms with Gasteiger partial charge in [0.2, 0.25) is 5.91 Å². The van der Waals surface area contributed by atoms with Crippen molar-refractivity contribution in [3.05, 3.63) is 83.6 Å². The van der Waals surface area contributed by atoms with Crippen LogP contribution in [0.15, 0.2) is 82.1 Å². The lowest BCUT2D eigenvalue weighted by Crippen LogP contribution is -2.15. The molecule has 0 aliphatic carbocycles. The molecule has 0 unspecified atom stereocenters. The van der Waals surface area contributed by atoms with Gasteiger partial charge in [-0.25, -0.2) is 0 Å². The summed E-state index contributed by atoms with van der Waals surface area (Å²) in [4.78, 5) is 25.9. The summed E-state index contributed by atoms with van der Waals surface area (Å²) in [6.07, 6.45) is 0. The number of methoxy groups -OCH3 is 1. The Morgan fingerprint density at radius 1 is 1.00 bits per heavy atom. The first-order chi connectivity index (χ1) is 15.5. The second-order valence-corrected chi connectivity index (χ2v) is 8.29. The molecule has 32 heavy (non-hydrogen) atoms. The van der Waals surface area contributed by atoms with E-state index in [1.54, 1.807) is 42.5 Å². The SMILES string of the molecule is COc1cc(NC(=O)CSc2ccc(Cl)cc2)ccc1NC(=O)c1cc2ccccc2o1. The molecule has 0 saturated carbocycles. The van der Waals surface area contributed by atoms with Crippen molar-refractivity contribution < 1.29 is 18.7 Å². The van der Waals surface area contributed by atoms with Gasteiger partial charge in [-0.1, -0.05) is 29.8 Å². The number of halogens is 1. The molecule has 0 atom stereocenters. The van der Waals surface area contributed by atoms with E-state index in [-0.39, 0.29) is 17.4 Å². The molecule has 0 fully saturated rings. The molecule has 0 radical (unpaired) electrons. The smallest absolute Gasteiger partial charge is 0.291 e. The minimum Gasteiger partial charge on any atom is -0.494 e. The molecule has 0 aliphatic rings. The van der Waals surface area contributed by atoms with E-state index in [0.29, 0.717) is 27.7 Å². The van der Waals surface area contributed by atoms with E-state index in [1.807, 2.05) is 30.3 Å². The number of benzene rings is 3. The van der Waals surface area contributed by atoms with Gasteiger partial charge < -0.3 is 19.8 Å². The zero-order valence-electron chi connectivity index (χ0n) is 17.1. The zero-order valence-corrected chi connectivity index (χ0v) is 18.6. The molecule has 2 N–H and O–H groups in total. The third-order valence-electron chi connectivity index (χ3n) is 4.57. The van der Waals surface area contributed by atoms with Gasteiger partial charge in [-0.2, -0.15) is 0 Å². The highest BCUT2D eigenvalue weighted by Crippen LogP contribution is 2.29. The van der Waals surface area contributed by atoms with E-state index in [9.17, 15) is 9.59 Å². The van der Waals surface area contributed by atoms with E-state index in [2.05, 4.69) is 10.6 Å². The number of amides is 2. The Labute approximate surface area is 193 Å². The van der Waals surface area contributed by atoms with Crippen LogP contribution in [0.4, 0.5) is 11.4 Å². The van der Waals surface area contributed by atoms with Gasteiger partial charge in [0.25, 0.3) is 5.91 Å². The van der Waals surface area contributed by atoms with Gasteiger partial charge in [0, 0.05) is 27.1 Å². The summed E-state index contributed by atoms with van der Waals surface area (Å²) in [6, 6.07) is 21.4. The maximum Gasteiger partial charge on any atom is 0.291 e. The largest absolute Gasteiger partial charge is 0.494 e. The van der Waals surface area contributed by atoms with Crippen LogP contribution in [-0.2, 0) is 4.79 Å². The van der Waals surface area contributed by atoms with Crippen LogP contribution in [0.1, 0.15) is 10.6 Å². The first kappa shape index (κ1) is 21.8. The Bertz CT molecular complexity index is 1240. The molecule has 0 bridgehead atoms. The highest BCUT2D eigenvalue weighted by Gasteiger charge is 2.15. The fraction of sp³-hybridized carbons (Fsp3) is 0.0833. The van der Waals surface area contributed by atoms with E-state index < -0.39 is 5.91 Å². The third-order valence-corrected chi connectivity index (χ3v) is 5.83. The first-order valence-corrected chi connectivity index (χ1v) is 11.0. The summed E-state index contributed by atoms with van der Waals surface area (Å²) in [7, 11) is 1.49. The van der Waals surface area contributed by atoms with Crippen molar-refractivity contribution >= 4 is 57.5 Å². The van der Waals surface area contributed by atoms with Gasteiger partial charge in [0.05, 0.1) is 18.6 Å². The fourth-order valence-electron chi connectivity index (χ4n) is 3.03. The number of hydrogen-bond donors (Lipinski definition) is 2. The average Bonchev–Trinajstić information content (AvgIpc) is 3.24. The Balaban J connectivity index is 1.40. The molecule has 2 amide bonds. The highest BCUT2D eigenvalue weighted by molar-refractivity contribution is 8.00. The molecular formula is C24H19ClN2O4S. The number of fused-ring (bicyclic) bond motifs is 1. The molecule has 1 aromatic heterocycles. The van der Waals surface area contributed by atoms with Crippen LogP contribution >= 0.6 is 23.4 Å². The lowest BCUT2D eigenvalue weighted by molar-refractivity contribution is -0.113. The van der Waals surface area contributed by atoms with E-state index in [0.717, 1.165) is 10.3 Å². The topological polar surface area (TPSA) is 80.6 Å². The molecule has 0 aliphatic heterocycles. The summed E-state index contributed by atoms with van der Waals surface area (Å²) >= 11 is 7.28. The molecule has 3 aromatic carbocycles. The Morgan fingerprint density at radius 3 is 2.53 bits per heavy atom. The number of carbonyl (C=O) groups excluding carboxylic acids is 2. The van der Waals surface area contributed by atoms with Crippen molar-refractivity contribution in [3.8, 4) is 5.75 Å². The van der Waals surface area contributed by atoms with E-state index in [4.69, 9.17) is 20.8 Å². The Hall–Kier alpha value is -3.42. The summed E-state index contributed by atoms with van der Waals surface area (Å²) in [5.74, 6) is 0.304. The molecular weight excluding hydrogens is 448 g/mol. The standard InChI is InChI=1S/C24H19ClN2O4S/c1-30-21-13-17(26-23(28)14-32-18-9-6-16(25)7-10-18)8-11-19(21)27-24(29)22-12-15-4-2-3-5-20(15)31-22/h2-13H,14H2,1H3,(H,26,28)(H,27,29). The lowest BCUT2D eigenvalue weighted by atomic mass is 10.2. The molecule has 8 heteroatoms. The predicted molar refractivity (Wildman–Crippen MR) is 128 cm³/mol. The zero-order chi connectivity index (χ0) is 22.5. The number of ether oxygens (including phenoxy) is 1. The Kier molecular flexibility index (Phi) is 6.68. The Morgan fingerprint density at radius 2 is 1.78 bits per heavy atom. The number of nitrogens with one attached hydrogen (secondary N) is 2. The van der Waals surface area contributed by atoms with E-state index in [1.165, 1.54) is 18.9 Å². The number of rotatable bonds is 7. The number of carbonyl (C=O) groups is 2. The maximum atomic E-state index is 12.6. The molecule has 1 heterocycles. The molecule has 0 saturated heterocycles. The van der Waals surface area contributed by atoms with Gasteiger partial charge in [0.15, 0.2) is 5.76 Å². The van der Waals surface area contributed by atoms with Crippen LogP contribution in [0.5, 0.6) is 5.75 Å². The molecule has 162 valence electrons. The van der Waals surface area contributed by atoms with Crippen LogP contribution < -0.4 is 15.4 Å². The number of hydrogen-bond acceptors (Lipinski definition) is 5.